The van der Waals surface area contributed by atoms with Gasteiger partial charge in [0, 0.05) is 5.69 Å². The number of hydrogen-bond donors (Lipinski definition) is 2. The Balaban J connectivity index is 2.21. The maximum Gasteiger partial charge on any atom is 0.0574 e. The van der Waals surface area contributed by atoms with Gasteiger partial charge in [-0.2, -0.15) is 0 Å². The van der Waals surface area contributed by atoms with Gasteiger partial charge in [-0.3, -0.25) is 0 Å². The van der Waals surface area contributed by atoms with Gasteiger partial charge in [0.2, 0.25) is 0 Å². The second-order valence-electron chi connectivity index (χ2n) is 5.73. The molecular formula is C18H24N2. The molecule has 0 spiro atoms. The van der Waals surface area contributed by atoms with Crippen LogP contribution in [-0.4, -0.2) is 7.05 Å². The van der Waals surface area contributed by atoms with Crippen molar-refractivity contribution in [2.45, 2.75) is 26.3 Å². The van der Waals surface area contributed by atoms with E-state index in [4.69, 9.17) is 5.73 Å². The molecule has 1 atom stereocenters. The maximum atomic E-state index is 5.75. The van der Waals surface area contributed by atoms with Gasteiger partial charge >= 0.3 is 0 Å². The predicted octanol–water partition coefficient (Wildman–Crippen LogP) is 3.78. The number of nitrogen functional groups attached to an aromatic ring is 1. The summed E-state index contributed by atoms with van der Waals surface area (Å²) in [5.74, 6) is 0.693. The van der Waals surface area contributed by atoms with E-state index in [1.165, 1.54) is 16.7 Å². The molecule has 1 unspecified atom stereocenters. The van der Waals surface area contributed by atoms with Crippen molar-refractivity contribution in [3.8, 4) is 0 Å². The highest BCUT2D eigenvalue weighted by Crippen LogP contribution is 2.23. The zero-order valence-electron chi connectivity index (χ0n) is 12.6. The van der Waals surface area contributed by atoms with E-state index in [1.54, 1.807) is 0 Å². The summed E-state index contributed by atoms with van der Waals surface area (Å²) in [6, 6.07) is 17.2. The topological polar surface area (TPSA) is 38.0 Å². The van der Waals surface area contributed by atoms with Gasteiger partial charge in [-0.25, -0.2) is 0 Å². The van der Waals surface area contributed by atoms with E-state index in [9.17, 15) is 0 Å². The monoisotopic (exact) mass is 268 g/mol. The molecule has 2 nitrogen and oxygen atoms in total. The third-order valence-electron chi connectivity index (χ3n) is 3.52. The van der Waals surface area contributed by atoms with Gasteiger partial charge < -0.3 is 11.1 Å². The molecule has 2 aromatic rings. The molecule has 2 heteroatoms. The Labute approximate surface area is 122 Å². The predicted molar refractivity (Wildman–Crippen MR) is 86.7 cm³/mol. The first-order chi connectivity index (χ1) is 9.60. The van der Waals surface area contributed by atoms with Crippen LogP contribution in [0.5, 0.6) is 0 Å². The summed E-state index contributed by atoms with van der Waals surface area (Å²) in [6.45, 7) is 4.50. The van der Waals surface area contributed by atoms with Crippen molar-refractivity contribution in [1.82, 2.24) is 5.32 Å². The molecular weight excluding hydrogens is 244 g/mol. The molecule has 0 aromatic heterocycles. The molecule has 0 aliphatic carbocycles. The van der Waals surface area contributed by atoms with Crippen molar-refractivity contribution >= 4 is 5.69 Å². The lowest BCUT2D eigenvalue weighted by molar-refractivity contribution is 0.645. The summed E-state index contributed by atoms with van der Waals surface area (Å²) in [5.41, 5.74) is 10.5. The lowest BCUT2D eigenvalue weighted by atomic mass is 9.95. The molecule has 0 fully saturated rings. The Morgan fingerprint density at radius 3 is 1.85 bits per heavy atom. The second-order valence-corrected chi connectivity index (χ2v) is 5.73. The molecule has 20 heavy (non-hydrogen) atoms. The minimum absolute atomic E-state index is 0.212. The largest absolute Gasteiger partial charge is 0.399 e. The van der Waals surface area contributed by atoms with E-state index < -0.39 is 0 Å². The van der Waals surface area contributed by atoms with E-state index in [0.29, 0.717) is 5.92 Å². The molecule has 106 valence electrons. The second kappa shape index (κ2) is 6.58. The zero-order chi connectivity index (χ0) is 14.5. The fourth-order valence-electron chi connectivity index (χ4n) is 2.53. The van der Waals surface area contributed by atoms with Crippen LogP contribution in [0.4, 0.5) is 5.69 Å². The molecule has 2 rings (SSSR count). The first-order valence-electron chi connectivity index (χ1n) is 7.21. The van der Waals surface area contributed by atoms with Gasteiger partial charge in [0.15, 0.2) is 0 Å². The molecule has 0 aliphatic rings. The third-order valence-corrected chi connectivity index (χ3v) is 3.52. The first-order valence-corrected chi connectivity index (χ1v) is 7.21. The average Bonchev–Trinajstić information content (AvgIpc) is 2.43. The van der Waals surface area contributed by atoms with Gasteiger partial charge in [-0.1, -0.05) is 50.2 Å². The Morgan fingerprint density at radius 1 is 0.900 bits per heavy atom. The minimum Gasteiger partial charge on any atom is -0.399 e. The Morgan fingerprint density at radius 2 is 1.40 bits per heavy atom. The third kappa shape index (κ3) is 3.61. The number of hydrogen-bond acceptors (Lipinski definition) is 2. The lowest BCUT2D eigenvalue weighted by Crippen LogP contribution is -2.17. The molecule has 2 aromatic carbocycles. The molecule has 0 radical (unpaired) electrons. The van der Waals surface area contributed by atoms with Crippen LogP contribution < -0.4 is 11.1 Å². The first kappa shape index (κ1) is 14.6. The van der Waals surface area contributed by atoms with Crippen molar-refractivity contribution in [1.29, 1.82) is 0 Å². The van der Waals surface area contributed by atoms with E-state index in [-0.39, 0.29) is 6.04 Å². The Bertz CT molecular complexity index is 526. The van der Waals surface area contributed by atoms with Crippen LogP contribution in [0.25, 0.3) is 0 Å². The number of anilines is 1. The van der Waals surface area contributed by atoms with Crippen LogP contribution in [0, 0.1) is 5.92 Å². The smallest absolute Gasteiger partial charge is 0.0574 e. The fraction of sp³-hybridized carbons (Fsp3) is 0.333. The molecule has 3 N–H and O–H groups in total. The number of rotatable bonds is 5. The summed E-state index contributed by atoms with van der Waals surface area (Å²) in [6.07, 6.45) is 1.13. The van der Waals surface area contributed by atoms with E-state index >= 15 is 0 Å². The van der Waals surface area contributed by atoms with Crippen LogP contribution in [0.3, 0.4) is 0 Å². The quantitative estimate of drug-likeness (QED) is 0.810. The molecule has 0 heterocycles. The van der Waals surface area contributed by atoms with Crippen molar-refractivity contribution < 1.29 is 0 Å². The maximum absolute atomic E-state index is 5.75. The SMILES string of the molecule is CNC(c1ccc(N)cc1)c1ccc(CC(C)C)cc1. The van der Waals surface area contributed by atoms with Crippen LogP contribution in [0.2, 0.25) is 0 Å². The molecule has 0 amide bonds. The summed E-state index contributed by atoms with van der Waals surface area (Å²) < 4.78 is 0. The zero-order valence-corrected chi connectivity index (χ0v) is 12.6. The van der Waals surface area contributed by atoms with Crippen molar-refractivity contribution in [3.05, 3.63) is 65.2 Å². The molecule has 0 saturated carbocycles. The van der Waals surface area contributed by atoms with Crippen LogP contribution in [-0.2, 0) is 6.42 Å². The summed E-state index contributed by atoms with van der Waals surface area (Å²) >= 11 is 0. The van der Waals surface area contributed by atoms with Crippen LogP contribution >= 0.6 is 0 Å². The highest BCUT2D eigenvalue weighted by Gasteiger charge is 2.11. The van der Waals surface area contributed by atoms with Crippen LogP contribution in [0.15, 0.2) is 48.5 Å². The number of nitrogens with two attached hydrogens (primary N) is 1. The van der Waals surface area contributed by atoms with Gasteiger partial charge in [0.1, 0.15) is 0 Å². The van der Waals surface area contributed by atoms with Gasteiger partial charge in [-0.05, 0) is 48.2 Å². The van der Waals surface area contributed by atoms with Gasteiger partial charge in [0.25, 0.3) is 0 Å². The summed E-state index contributed by atoms with van der Waals surface area (Å²) in [4.78, 5) is 0. The number of nitrogens with one attached hydrogen (secondary N) is 1. The van der Waals surface area contributed by atoms with E-state index in [2.05, 4.69) is 55.6 Å². The fourth-order valence-corrected chi connectivity index (χ4v) is 2.53. The van der Waals surface area contributed by atoms with Gasteiger partial charge in [-0.15, -0.1) is 0 Å². The van der Waals surface area contributed by atoms with Crippen molar-refractivity contribution in [2.75, 3.05) is 12.8 Å². The Kier molecular flexibility index (Phi) is 4.80. The van der Waals surface area contributed by atoms with Gasteiger partial charge in [0.05, 0.1) is 6.04 Å². The van der Waals surface area contributed by atoms with Crippen LogP contribution in [0.1, 0.15) is 36.6 Å². The Hall–Kier alpha value is -1.80. The lowest BCUT2D eigenvalue weighted by Gasteiger charge is -2.18. The van der Waals surface area contributed by atoms with E-state index in [1.807, 2.05) is 19.2 Å². The van der Waals surface area contributed by atoms with Crippen molar-refractivity contribution in [2.24, 2.45) is 5.92 Å². The van der Waals surface area contributed by atoms with Crippen molar-refractivity contribution in [3.63, 3.8) is 0 Å². The highest BCUT2D eigenvalue weighted by molar-refractivity contribution is 5.42. The minimum atomic E-state index is 0.212. The molecule has 0 bridgehead atoms. The standard InChI is InChI=1S/C18H24N2/c1-13(2)12-14-4-6-15(7-5-14)18(20-3)16-8-10-17(19)11-9-16/h4-11,13,18,20H,12,19H2,1-3H3. The average molecular weight is 268 g/mol. The normalized spacial score (nSPS) is 12.6. The molecule has 0 saturated heterocycles. The number of benzene rings is 2. The molecule has 0 aliphatic heterocycles. The summed E-state index contributed by atoms with van der Waals surface area (Å²) in [5, 5.41) is 3.37. The van der Waals surface area contributed by atoms with E-state index in [0.717, 1.165) is 12.1 Å². The highest BCUT2D eigenvalue weighted by atomic mass is 14.9. The summed E-state index contributed by atoms with van der Waals surface area (Å²) in [7, 11) is 1.99.